The molecule has 58 heavy (non-hydrogen) atoms. The van der Waals surface area contributed by atoms with Crippen LogP contribution in [0.5, 0.6) is 0 Å². The fourth-order valence-corrected chi connectivity index (χ4v) is 8.94. The minimum Gasteiger partial charge on any atom is -0.304 e. The molecule has 0 bridgehead atoms. The Bertz CT molecular complexity index is 3240. The molecule has 1 aliphatic carbocycles. The van der Waals surface area contributed by atoms with Gasteiger partial charge in [-0.15, -0.1) is 0 Å². The van der Waals surface area contributed by atoms with Crippen molar-refractivity contribution in [2.24, 2.45) is 21.1 Å². The second-order valence-electron chi connectivity index (χ2n) is 15.6. The molecule has 0 amide bonds. The van der Waals surface area contributed by atoms with E-state index in [1.165, 1.54) is 27.8 Å². The molecule has 0 N–H and O–H groups in total. The summed E-state index contributed by atoms with van der Waals surface area (Å²) in [4.78, 5) is 7.07. The molecule has 3 heterocycles. The lowest BCUT2D eigenvalue weighted by Crippen LogP contribution is -2.14. The van der Waals surface area contributed by atoms with E-state index in [0.717, 1.165) is 78.0 Å². The van der Waals surface area contributed by atoms with Crippen LogP contribution in [0.3, 0.4) is 0 Å². The molecule has 1 aliphatic rings. The molecule has 10 nitrogen and oxygen atoms in total. The molecule has 0 saturated carbocycles. The molecular weight excluding hydrogens is 717 g/mol. The highest BCUT2D eigenvalue weighted by Gasteiger charge is 2.35. The fourth-order valence-electron chi connectivity index (χ4n) is 8.94. The molecule has 0 radical (unpaired) electrons. The molecule has 0 atom stereocenters. The summed E-state index contributed by atoms with van der Waals surface area (Å²) in [5.41, 5.74) is 19.0. The third-order valence-electron chi connectivity index (χ3n) is 11.6. The monoisotopic (exact) mass is 754 g/mol. The summed E-state index contributed by atoms with van der Waals surface area (Å²) in [5, 5.41) is 29.3. The summed E-state index contributed by atoms with van der Waals surface area (Å²) >= 11 is 0. The Morgan fingerprint density at radius 3 is 1.59 bits per heavy atom. The highest BCUT2D eigenvalue weighted by atomic mass is 15.5. The first kappa shape index (κ1) is 33.8. The van der Waals surface area contributed by atoms with Gasteiger partial charge in [0.15, 0.2) is 0 Å². The van der Waals surface area contributed by atoms with Crippen molar-refractivity contribution in [1.29, 1.82) is 0 Å². The zero-order valence-electron chi connectivity index (χ0n) is 32.8. The van der Waals surface area contributed by atoms with Crippen LogP contribution in [0, 0.1) is 0 Å². The van der Waals surface area contributed by atoms with Crippen molar-refractivity contribution in [3.05, 3.63) is 151 Å². The van der Waals surface area contributed by atoms with Gasteiger partial charge in [0, 0.05) is 37.7 Å². The lowest BCUT2D eigenvalue weighted by Gasteiger charge is -2.26. The van der Waals surface area contributed by atoms with Crippen molar-refractivity contribution in [3.8, 4) is 44.5 Å². The van der Waals surface area contributed by atoms with Gasteiger partial charge in [0.2, 0.25) is 0 Å². The number of aromatic nitrogens is 9. The number of aryl methyl sites for hydroxylation is 3. The molecule has 11 rings (SSSR count). The Kier molecular flexibility index (Phi) is 7.31. The first-order valence-electron chi connectivity index (χ1n) is 19.4. The van der Waals surface area contributed by atoms with Crippen molar-refractivity contribution in [1.82, 2.24) is 45.0 Å². The van der Waals surface area contributed by atoms with Crippen molar-refractivity contribution in [2.75, 3.05) is 4.90 Å². The molecule has 0 spiro atoms. The molecule has 10 aromatic rings. The van der Waals surface area contributed by atoms with Gasteiger partial charge in [-0.1, -0.05) is 111 Å². The average Bonchev–Trinajstić information content (AvgIpc) is 4.00. The third-order valence-corrected chi connectivity index (χ3v) is 11.6. The molecule has 7 aromatic carbocycles. The van der Waals surface area contributed by atoms with Crippen LogP contribution >= 0.6 is 0 Å². The standard InChI is InChI=1S/C48H38N10/c1-48(2)37-15-10-9-14-35(37)36-28-32(22-25-38(36)48)29-18-20-31(21-19-29)34-24-27-42(47-44(34)51-57(5)54-47)58(40-17-11-16-39-45(40)52-55(3)49-39)41-26-23-33(30-12-7-6-8-13-30)43-46(41)53-56(4)50-43/h6-28H,1-5H3. The van der Waals surface area contributed by atoms with Crippen LogP contribution in [0.1, 0.15) is 25.0 Å². The molecule has 0 fully saturated rings. The van der Waals surface area contributed by atoms with Gasteiger partial charge < -0.3 is 4.90 Å². The number of hydrogen-bond donors (Lipinski definition) is 0. The van der Waals surface area contributed by atoms with Crippen molar-refractivity contribution in [2.45, 2.75) is 19.3 Å². The van der Waals surface area contributed by atoms with E-state index in [1.54, 1.807) is 14.4 Å². The van der Waals surface area contributed by atoms with Gasteiger partial charge in [-0.05, 0) is 87.0 Å². The van der Waals surface area contributed by atoms with Gasteiger partial charge in [0.25, 0.3) is 0 Å². The fraction of sp³-hybridized carbons (Fsp3) is 0.125. The zero-order valence-corrected chi connectivity index (χ0v) is 32.8. The van der Waals surface area contributed by atoms with Crippen LogP contribution in [0.4, 0.5) is 17.1 Å². The van der Waals surface area contributed by atoms with E-state index in [1.807, 2.05) is 51.5 Å². The normalized spacial score (nSPS) is 13.1. The number of rotatable bonds is 6. The Morgan fingerprint density at radius 1 is 0.379 bits per heavy atom. The number of benzene rings is 7. The van der Waals surface area contributed by atoms with Crippen LogP contribution in [-0.4, -0.2) is 45.0 Å². The van der Waals surface area contributed by atoms with Crippen LogP contribution in [0.2, 0.25) is 0 Å². The lowest BCUT2D eigenvalue weighted by molar-refractivity contribution is 0.660. The zero-order chi connectivity index (χ0) is 39.3. The minimum absolute atomic E-state index is 0.0225. The van der Waals surface area contributed by atoms with E-state index in [2.05, 4.69) is 133 Å². The second kappa shape index (κ2) is 12.5. The van der Waals surface area contributed by atoms with E-state index in [0.29, 0.717) is 0 Å². The van der Waals surface area contributed by atoms with Gasteiger partial charge in [-0.25, -0.2) is 0 Å². The maximum Gasteiger partial charge on any atom is 0.137 e. The Hall–Kier alpha value is -7.46. The predicted octanol–water partition coefficient (Wildman–Crippen LogP) is 10.3. The quantitative estimate of drug-likeness (QED) is 0.167. The number of nitrogens with zero attached hydrogens (tertiary/aromatic N) is 10. The number of anilines is 3. The van der Waals surface area contributed by atoms with E-state index in [4.69, 9.17) is 25.5 Å². The third kappa shape index (κ3) is 5.11. The topological polar surface area (TPSA) is 95.4 Å². The van der Waals surface area contributed by atoms with Gasteiger partial charge in [0.1, 0.15) is 33.1 Å². The summed E-state index contributed by atoms with van der Waals surface area (Å²) < 4.78 is 0. The summed E-state index contributed by atoms with van der Waals surface area (Å²) in [6.45, 7) is 4.63. The van der Waals surface area contributed by atoms with E-state index in [-0.39, 0.29) is 5.41 Å². The first-order valence-corrected chi connectivity index (χ1v) is 19.4. The maximum absolute atomic E-state index is 5.02. The first-order chi connectivity index (χ1) is 28.2. The SMILES string of the molecule is Cn1nc2cccc(N(c3ccc(-c4ccccc4)c4nn(C)nc34)c3ccc(-c4ccc(-c5ccc6c(c5)-c5ccccc5C6(C)C)cc4)c4nn(C)nc34)c2n1. The Balaban J connectivity index is 1.05. The maximum atomic E-state index is 5.02. The average molecular weight is 755 g/mol. The molecular formula is C48H38N10. The summed E-state index contributed by atoms with van der Waals surface area (Å²) in [5.74, 6) is 0. The van der Waals surface area contributed by atoms with Crippen LogP contribution < -0.4 is 4.90 Å². The highest BCUT2D eigenvalue weighted by Crippen LogP contribution is 2.50. The van der Waals surface area contributed by atoms with Crippen LogP contribution in [0.25, 0.3) is 77.6 Å². The van der Waals surface area contributed by atoms with Gasteiger partial charge >= 0.3 is 0 Å². The summed E-state index contributed by atoms with van der Waals surface area (Å²) in [6, 6.07) is 49.3. The van der Waals surface area contributed by atoms with E-state index >= 15 is 0 Å². The van der Waals surface area contributed by atoms with E-state index < -0.39 is 0 Å². The molecule has 280 valence electrons. The number of hydrogen-bond acceptors (Lipinski definition) is 7. The Labute approximate surface area is 334 Å². The smallest absolute Gasteiger partial charge is 0.137 e. The molecule has 0 unspecified atom stereocenters. The molecule has 0 saturated heterocycles. The molecule has 0 aliphatic heterocycles. The van der Waals surface area contributed by atoms with E-state index in [9.17, 15) is 0 Å². The number of fused-ring (bicyclic) bond motifs is 6. The lowest BCUT2D eigenvalue weighted by atomic mass is 9.82. The van der Waals surface area contributed by atoms with Gasteiger partial charge in [-0.3, -0.25) is 0 Å². The Morgan fingerprint density at radius 2 is 0.897 bits per heavy atom. The van der Waals surface area contributed by atoms with Crippen LogP contribution in [0.15, 0.2) is 140 Å². The highest BCUT2D eigenvalue weighted by molar-refractivity contribution is 6.09. The van der Waals surface area contributed by atoms with Crippen molar-refractivity contribution in [3.63, 3.8) is 0 Å². The van der Waals surface area contributed by atoms with Crippen molar-refractivity contribution < 1.29 is 0 Å². The summed E-state index contributed by atoms with van der Waals surface area (Å²) in [6.07, 6.45) is 0. The van der Waals surface area contributed by atoms with Gasteiger partial charge in [-0.2, -0.15) is 45.0 Å². The predicted molar refractivity (Wildman–Crippen MR) is 231 cm³/mol. The van der Waals surface area contributed by atoms with Crippen LogP contribution in [-0.2, 0) is 26.6 Å². The van der Waals surface area contributed by atoms with Crippen molar-refractivity contribution >= 4 is 50.2 Å². The largest absolute Gasteiger partial charge is 0.304 e. The minimum atomic E-state index is -0.0225. The molecule has 3 aromatic heterocycles. The second-order valence-corrected chi connectivity index (χ2v) is 15.6. The summed E-state index contributed by atoms with van der Waals surface area (Å²) in [7, 11) is 5.57. The molecule has 10 heteroatoms. The van der Waals surface area contributed by atoms with Gasteiger partial charge in [0.05, 0.1) is 17.1 Å².